The minimum absolute atomic E-state index is 0.0700. The molecular formula is C28H32N8O2. The van der Waals surface area contributed by atoms with Gasteiger partial charge in [0.05, 0.1) is 18.8 Å². The maximum Gasteiger partial charge on any atom is 0.262 e. The first-order chi connectivity index (χ1) is 18.3. The second-order valence-corrected chi connectivity index (χ2v) is 9.99. The van der Waals surface area contributed by atoms with Crippen molar-refractivity contribution in [2.45, 2.75) is 66.2 Å². The molecule has 0 aliphatic rings. The van der Waals surface area contributed by atoms with Crippen molar-refractivity contribution in [1.29, 1.82) is 0 Å². The van der Waals surface area contributed by atoms with Gasteiger partial charge in [0.1, 0.15) is 11.3 Å². The predicted octanol–water partition coefficient (Wildman–Crippen LogP) is 5.42. The lowest BCUT2D eigenvalue weighted by molar-refractivity contribution is 0.219. The summed E-state index contributed by atoms with van der Waals surface area (Å²) in [5.74, 6) is 2.43. The summed E-state index contributed by atoms with van der Waals surface area (Å²) in [6, 6.07) is 16.4. The zero-order valence-corrected chi connectivity index (χ0v) is 22.5. The molecule has 5 aromatic rings. The Bertz CT molecular complexity index is 1540. The Morgan fingerprint density at radius 3 is 2.05 bits per heavy atom. The lowest BCUT2D eigenvalue weighted by Gasteiger charge is -2.18. The highest BCUT2D eigenvalue weighted by atomic mass is 16.5. The number of rotatable bonds is 9. The highest BCUT2D eigenvalue weighted by molar-refractivity contribution is 5.86. The van der Waals surface area contributed by atoms with E-state index in [2.05, 4.69) is 67.4 Å². The Kier molecular flexibility index (Phi) is 7.04. The second kappa shape index (κ2) is 10.6. The van der Waals surface area contributed by atoms with Gasteiger partial charge in [0, 0.05) is 11.5 Å². The van der Waals surface area contributed by atoms with E-state index in [4.69, 9.17) is 14.5 Å². The third-order valence-electron chi connectivity index (χ3n) is 5.99. The molecule has 38 heavy (non-hydrogen) atoms. The number of tetrazole rings is 1. The Labute approximate surface area is 221 Å². The number of nitrogens with one attached hydrogen (secondary N) is 1. The summed E-state index contributed by atoms with van der Waals surface area (Å²) in [4.78, 5) is 5.01. The topological polar surface area (TPSA) is 117 Å². The Hall–Kier alpha value is -4.34. The van der Waals surface area contributed by atoms with Crippen LogP contribution < -0.4 is 9.47 Å². The van der Waals surface area contributed by atoms with Crippen LogP contribution in [0, 0.1) is 0 Å². The van der Waals surface area contributed by atoms with Gasteiger partial charge in [-0.1, -0.05) is 62.4 Å². The van der Waals surface area contributed by atoms with E-state index in [-0.39, 0.29) is 18.1 Å². The molecule has 3 heterocycles. The first kappa shape index (κ1) is 25.3. The number of benzene rings is 2. The molecule has 196 valence electrons. The molecule has 5 rings (SSSR count). The molecule has 2 aromatic carbocycles. The third-order valence-corrected chi connectivity index (χ3v) is 5.99. The van der Waals surface area contributed by atoms with Crippen LogP contribution in [0.2, 0.25) is 0 Å². The van der Waals surface area contributed by atoms with Gasteiger partial charge in [0.25, 0.3) is 11.8 Å². The third kappa shape index (κ3) is 4.93. The highest BCUT2D eigenvalue weighted by Crippen LogP contribution is 2.36. The number of aromatic amines is 1. The Morgan fingerprint density at radius 1 is 0.763 bits per heavy atom. The zero-order valence-electron chi connectivity index (χ0n) is 22.5. The van der Waals surface area contributed by atoms with Crippen LogP contribution in [-0.4, -0.2) is 52.6 Å². The smallest absolute Gasteiger partial charge is 0.262 e. The molecule has 0 unspecified atom stereocenters. The molecule has 0 fully saturated rings. The molecular weight excluding hydrogens is 480 g/mol. The Balaban J connectivity index is 1.70. The van der Waals surface area contributed by atoms with E-state index >= 15 is 0 Å². The van der Waals surface area contributed by atoms with Crippen LogP contribution >= 0.6 is 0 Å². The molecule has 0 radical (unpaired) electrons. The average molecular weight is 513 g/mol. The molecule has 0 atom stereocenters. The van der Waals surface area contributed by atoms with E-state index in [1.165, 1.54) is 0 Å². The van der Waals surface area contributed by atoms with Gasteiger partial charge in [-0.15, -0.1) is 20.4 Å². The van der Waals surface area contributed by atoms with Crippen molar-refractivity contribution in [3.63, 3.8) is 0 Å². The lowest BCUT2D eigenvalue weighted by Crippen LogP contribution is -2.13. The summed E-state index contributed by atoms with van der Waals surface area (Å²) in [7, 11) is 0. The fourth-order valence-electron chi connectivity index (χ4n) is 4.51. The second-order valence-electron chi connectivity index (χ2n) is 9.99. The van der Waals surface area contributed by atoms with Gasteiger partial charge in [0.15, 0.2) is 5.52 Å². The lowest BCUT2D eigenvalue weighted by atomic mass is 9.95. The number of aromatic nitrogens is 8. The Morgan fingerprint density at radius 2 is 1.39 bits per heavy atom. The van der Waals surface area contributed by atoms with Gasteiger partial charge < -0.3 is 14.0 Å². The molecule has 10 nitrogen and oxygen atoms in total. The van der Waals surface area contributed by atoms with Gasteiger partial charge in [-0.05, 0) is 49.6 Å². The number of H-pyrrole nitrogens is 1. The molecule has 0 saturated heterocycles. The number of imidazole rings is 1. The predicted molar refractivity (Wildman–Crippen MR) is 145 cm³/mol. The summed E-state index contributed by atoms with van der Waals surface area (Å²) >= 11 is 0. The van der Waals surface area contributed by atoms with Crippen molar-refractivity contribution in [3.05, 3.63) is 59.9 Å². The molecule has 0 aliphatic carbocycles. The number of fused-ring (bicyclic) bond motifs is 1. The van der Waals surface area contributed by atoms with Crippen molar-refractivity contribution in [2.75, 3.05) is 0 Å². The van der Waals surface area contributed by atoms with Crippen LogP contribution in [0.3, 0.4) is 0 Å². The SMILES string of the molecule is CC(C)Oc1nnc(OC(C)C)c2c1nc(C(C)C)n2Cc1ccccc1-c1ccccc1-c1nn[nH]n1. The summed E-state index contributed by atoms with van der Waals surface area (Å²) in [6.07, 6.45) is -0.149. The minimum atomic E-state index is -0.0793. The zero-order chi connectivity index (χ0) is 26.8. The van der Waals surface area contributed by atoms with Gasteiger partial charge in [-0.2, -0.15) is 5.21 Å². The first-order valence-corrected chi connectivity index (χ1v) is 12.8. The van der Waals surface area contributed by atoms with Crippen LogP contribution in [-0.2, 0) is 6.54 Å². The van der Waals surface area contributed by atoms with Crippen molar-refractivity contribution < 1.29 is 9.47 Å². The largest absolute Gasteiger partial charge is 0.472 e. The van der Waals surface area contributed by atoms with E-state index in [1.54, 1.807) is 0 Å². The van der Waals surface area contributed by atoms with Crippen molar-refractivity contribution in [1.82, 2.24) is 40.4 Å². The van der Waals surface area contributed by atoms with Crippen LogP contribution in [0.5, 0.6) is 11.8 Å². The average Bonchev–Trinajstić information content (AvgIpc) is 3.55. The van der Waals surface area contributed by atoms with Gasteiger partial charge in [0.2, 0.25) is 5.82 Å². The maximum absolute atomic E-state index is 6.12. The number of hydrogen-bond acceptors (Lipinski definition) is 8. The summed E-state index contributed by atoms with van der Waals surface area (Å²) in [6.45, 7) is 12.7. The minimum Gasteiger partial charge on any atom is -0.472 e. The van der Waals surface area contributed by atoms with Crippen LogP contribution in [0.4, 0.5) is 0 Å². The van der Waals surface area contributed by atoms with E-state index in [9.17, 15) is 0 Å². The fraction of sp³-hybridized carbons (Fsp3) is 0.357. The molecule has 0 spiro atoms. The molecule has 0 aliphatic heterocycles. The van der Waals surface area contributed by atoms with Crippen molar-refractivity contribution in [3.8, 4) is 34.3 Å². The van der Waals surface area contributed by atoms with E-state index < -0.39 is 0 Å². The van der Waals surface area contributed by atoms with Crippen LogP contribution in [0.15, 0.2) is 48.5 Å². The molecule has 0 bridgehead atoms. The quantitative estimate of drug-likeness (QED) is 0.278. The molecule has 1 N–H and O–H groups in total. The summed E-state index contributed by atoms with van der Waals surface area (Å²) in [5.41, 5.74) is 5.50. The van der Waals surface area contributed by atoms with Crippen molar-refractivity contribution >= 4 is 11.0 Å². The highest BCUT2D eigenvalue weighted by Gasteiger charge is 2.25. The number of ether oxygens (including phenoxy) is 2. The number of hydrogen-bond donors (Lipinski definition) is 1. The first-order valence-electron chi connectivity index (χ1n) is 12.8. The van der Waals surface area contributed by atoms with E-state index in [0.29, 0.717) is 29.6 Å². The van der Waals surface area contributed by atoms with Crippen LogP contribution in [0.25, 0.3) is 33.5 Å². The fourth-order valence-corrected chi connectivity index (χ4v) is 4.51. The molecule has 0 amide bonds. The summed E-state index contributed by atoms with van der Waals surface area (Å²) < 4.78 is 14.3. The van der Waals surface area contributed by atoms with Gasteiger partial charge in [-0.3, -0.25) is 0 Å². The monoisotopic (exact) mass is 512 g/mol. The number of nitrogens with zero attached hydrogens (tertiary/aromatic N) is 7. The molecule has 3 aromatic heterocycles. The van der Waals surface area contributed by atoms with Crippen molar-refractivity contribution in [2.24, 2.45) is 0 Å². The molecule has 10 heteroatoms. The maximum atomic E-state index is 6.12. The van der Waals surface area contributed by atoms with Gasteiger partial charge in [-0.25, -0.2) is 4.98 Å². The molecule has 0 saturated carbocycles. The normalized spacial score (nSPS) is 11.7. The van der Waals surface area contributed by atoms with E-state index in [1.807, 2.05) is 58.0 Å². The summed E-state index contributed by atoms with van der Waals surface area (Å²) in [5, 5.41) is 23.5. The van der Waals surface area contributed by atoms with E-state index in [0.717, 1.165) is 33.6 Å². The van der Waals surface area contributed by atoms with Gasteiger partial charge >= 0.3 is 0 Å². The van der Waals surface area contributed by atoms with Crippen LogP contribution in [0.1, 0.15) is 58.8 Å². The standard InChI is InChI=1S/C28H32N8O2/c1-16(2)26-29-23-24(28(38-18(5)6)33-32-27(23)37-17(3)4)36(26)15-19-11-7-8-12-20(19)21-13-9-10-14-22(21)25-30-34-35-31-25/h7-14,16-18H,15H2,1-6H3,(H,30,31,34,35).